The van der Waals surface area contributed by atoms with Gasteiger partial charge in [0.15, 0.2) is 11.5 Å². The van der Waals surface area contributed by atoms with Crippen LogP contribution in [0.15, 0.2) is 6.20 Å². The first-order valence-electron chi connectivity index (χ1n) is 10.4. The summed E-state index contributed by atoms with van der Waals surface area (Å²) in [5, 5.41) is 7.20. The number of hydrogen-bond donors (Lipinski definition) is 1. The van der Waals surface area contributed by atoms with E-state index in [2.05, 4.69) is 15.2 Å². The number of amides is 2. The second kappa shape index (κ2) is 7.93. The van der Waals surface area contributed by atoms with E-state index in [1.54, 1.807) is 6.92 Å². The second-order valence-electron chi connectivity index (χ2n) is 7.93. The normalized spacial score (nSPS) is 19.2. The molecule has 0 aromatic carbocycles. The molecule has 2 aromatic heterocycles. The Bertz CT molecular complexity index is 937. The van der Waals surface area contributed by atoms with E-state index in [0.717, 1.165) is 60.6 Å². The minimum Gasteiger partial charge on any atom is -0.333 e. The van der Waals surface area contributed by atoms with E-state index in [4.69, 9.17) is 4.98 Å². The van der Waals surface area contributed by atoms with Crippen molar-refractivity contribution in [2.75, 3.05) is 13.1 Å². The van der Waals surface area contributed by atoms with E-state index >= 15 is 0 Å². The SMILES string of the molecule is CCc1[nH]nc(C(=O)N2CCc3nc([C@H]4CCCCN4C(C)=O)ncc3C2)c1C. The average Bonchev–Trinajstić information content (AvgIpc) is 3.12. The zero-order chi connectivity index (χ0) is 20.5. The number of fused-ring (bicyclic) bond motifs is 1. The van der Waals surface area contributed by atoms with Crippen LogP contribution in [0.4, 0.5) is 0 Å². The first kappa shape index (κ1) is 19.5. The largest absolute Gasteiger partial charge is 0.333 e. The maximum atomic E-state index is 13.0. The summed E-state index contributed by atoms with van der Waals surface area (Å²) in [7, 11) is 0. The van der Waals surface area contributed by atoms with Crippen LogP contribution in [0.25, 0.3) is 0 Å². The number of nitrogens with zero attached hydrogens (tertiary/aromatic N) is 5. The molecule has 1 N–H and O–H groups in total. The van der Waals surface area contributed by atoms with Crippen molar-refractivity contribution in [3.8, 4) is 0 Å². The van der Waals surface area contributed by atoms with Crippen LogP contribution in [0, 0.1) is 6.92 Å². The van der Waals surface area contributed by atoms with Crippen LogP contribution >= 0.6 is 0 Å². The Morgan fingerprint density at radius 1 is 1.28 bits per heavy atom. The molecule has 0 saturated carbocycles. The molecular formula is C21H28N6O2. The van der Waals surface area contributed by atoms with Crippen LogP contribution in [0.5, 0.6) is 0 Å². The predicted octanol–water partition coefficient (Wildman–Crippen LogP) is 2.34. The summed E-state index contributed by atoms with van der Waals surface area (Å²) in [4.78, 5) is 38.0. The molecule has 2 aromatic rings. The molecule has 2 aliphatic rings. The van der Waals surface area contributed by atoms with Crippen molar-refractivity contribution in [2.24, 2.45) is 0 Å². The first-order valence-corrected chi connectivity index (χ1v) is 10.4. The van der Waals surface area contributed by atoms with Gasteiger partial charge in [0.25, 0.3) is 5.91 Å². The van der Waals surface area contributed by atoms with E-state index in [1.165, 1.54) is 0 Å². The molecule has 1 saturated heterocycles. The van der Waals surface area contributed by atoms with E-state index in [-0.39, 0.29) is 17.9 Å². The fraction of sp³-hybridized carbons (Fsp3) is 0.571. The molecule has 0 radical (unpaired) electrons. The van der Waals surface area contributed by atoms with Crippen molar-refractivity contribution >= 4 is 11.8 Å². The fourth-order valence-electron chi connectivity index (χ4n) is 4.38. The van der Waals surface area contributed by atoms with Gasteiger partial charge < -0.3 is 9.80 Å². The highest BCUT2D eigenvalue weighted by atomic mass is 16.2. The van der Waals surface area contributed by atoms with Gasteiger partial charge in [0.1, 0.15) is 0 Å². The van der Waals surface area contributed by atoms with Crippen LogP contribution in [0.3, 0.4) is 0 Å². The Kier molecular flexibility index (Phi) is 5.34. The number of piperidine rings is 1. The summed E-state index contributed by atoms with van der Waals surface area (Å²) >= 11 is 0. The molecule has 4 heterocycles. The Labute approximate surface area is 170 Å². The van der Waals surface area contributed by atoms with Crippen molar-refractivity contribution < 1.29 is 9.59 Å². The molecule has 4 rings (SSSR count). The quantitative estimate of drug-likeness (QED) is 0.859. The van der Waals surface area contributed by atoms with Gasteiger partial charge in [0.2, 0.25) is 5.91 Å². The van der Waals surface area contributed by atoms with Gasteiger partial charge in [-0.1, -0.05) is 6.92 Å². The molecule has 0 bridgehead atoms. The van der Waals surface area contributed by atoms with Crippen LogP contribution in [-0.4, -0.2) is 54.9 Å². The summed E-state index contributed by atoms with van der Waals surface area (Å²) < 4.78 is 0. The number of aromatic amines is 1. The topological polar surface area (TPSA) is 95.1 Å². The maximum Gasteiger partial charge on any atom is 0.274 e. The molecule has 1 fully saturated rings. The molecule has 0 aliphatic carbocycles. The van der Waals surface area contributed by atoms with Gasteiger partial charge in [-0.15, -0.1) is 0 Å². The predicted molar refractivity (Wildman–Crippen MR) is 107 cm³/mol. The Hall–Kier alpha value is -2.77. The second-order valence-corrected chi connectivity index (χ2v) is 7.93. The lowest BCUT2D eigenvalue weighted by molar-refractivity contribution is -0.132. The van der Waals surface area contributed by atoms with Crippen molar-refractivity contribution in [1.82, 2.24) is 30.0 Å². The van der Waals surface area contributed by atoms with Gasteiger partial charge in [0.05, 0.1) is 11.7 Å². The molecular weight excluding hydrogens is 368 g/mol. The van der Waals surface area contributed by atoms with E-state index in [9.17, 15) is 9.59 Å². The number of carbonyl (C=O) groups is 2. The molecule has 8 nitrogen and oxygen atoms in total. The molecule has 29 heavy (non-hydrogen) atoms. The number of likely N-dealkylation sites (tertiary alicyclic amines) is 1. The van der Waals surface area contributed by atoms with Crippen molar-refractivity contribution in [3.63, 3.8) is 0 Å². The van der Waals surface area contributed by atoms with E-state index < -0.39 is 0 Å². The van der Waals surface area contributed by atoms with Crippen LogP contribution in [0.2, 0.25) is 0 Å². The van der Waals surface area contributed by atoms with Crippen molar-refractivity contribution in [2.45, 2.75) is 65.5 Å². The summed E-state index contributed by atoms with van der Waals surface area (Å²) in [6.45, 7) is 7.46. The number of hydrogen-bond acceptors (Lipinski definition) is 5. The van der Waals surface area contributed by atoms with Crippen LogP contribution in [0.1, 0.15) is 78.0 Å². The van der Waals surface area contributed by atoms with E-state index in [1.807, 2.05) is 29.8 Å². The number of aryl methyl sites for hydroxylation is 1. The van der Waals surface area contributed by atoms with Gasteiger partial charge in [-0.2, -0.15) is 5.10 Å². The third-order valence-corrected chi connectivity index (χ3v) is 6.11. The highest BCUT2D eigenvalue weighted by Gasteiger charge is 2.30. The molecule has 8 heteroatoms. The maximum absolute atomic E-state index is 13.0. The van der Waals surface area contributed by atoms with Crippen LogP contribution in [-0.2, 0) is 24.2 Å². The smallest absolute Gasteiger partial charge is 0.274 e. The van der Waals surface area contributed by atoms with Gasteiger partial charge in [0, 0.05) is 56.0 Å². The van der Waals surface area contributed by atoms with E-state index in [0.29, 0.717) is 25.2 Å². The molecule has 0 spiro atoms. The third-order valence-electron chi connectivity index (χ3n) is 6.11. The minimum absolute atomic E-state index is 0.0367. The summed E-state index contributed by atoms with van der Waals surface area (Å²) in [5.41, 5.74) is 4.39. The van der Waals surface area contributed by atoms with Gasteiger partial charge in [-0.3, -0.25) is 14.7 Å². The van der Waals surface area contributed by atoms with Crippen molar-refractivity contribution in [1.29, 1.82) is 0 Å². The lowest BCUT2D eigenvalue weighted by atomic mass is 10.00. The first-order chi connectivity index (χ1) is 14.0. The zero-order valence-electron chi connectivity index (χ0n) is 17.4. The summed E-state index contributed by atoms with van der Waals surface area (Å²) in [6.07, 6.45) is 6.36. The lowest BCUT2D eigenvalue weighted by Crippen LogP contribution is -2.39. The molecule has 1 atom stereocenters. The number of nitrogens with one attached hydrogen (secondary N) is 1. The summed E-state index contributed by atoms with van der Waals surface area (Å²) in [6, 6.07) is -0.0367. The zero-order valence-corrected chi connectivity index (χ0v) is 17.4. The fourth-order valence-corrected chi connectivity index (χ4v) is 4.38. The van der Waals surface area contributed by atoms with Crippen LogP contribution < -0.4 is 0 Å². The Morgan fingerprint density at radius 3 is 2.83 bits per heavy atom. The highest BCUT2D eigenvalue weighted by Crippen LogP contribution is 2.30. The molecule has 154 valence electrons. The number of rotatable bonds is 3. The van der Waals surface area contributed by atoms with Gasteiger partial charge in [-0.25, -0.2) is 9.97 Å². The Morgan fingerprint density at radius 2 is 2.10 bits per heavy atom. The third kappa shape index (κ3) is 3.63. The summed E-state index contributed by atoms with van der Waals surface area (Å²) in [5.74, 6) is 0.756. The Balaban J connectivity index is 1.53. The van der Waals surface area contributed by atoms with Gasteiger partial charge in [-0.05, 0) is 32.6 Å². The monoisotopic (exact) mass is 396 g/mol. The molecule has 2 aliphatic heterocycles. The number of carbonyl (C=O) groups excluding carboxylic acids is 2. The van der Waals surface area contributed by atoms with Crippen molar-refractivity contribution in [3.05, 3.63) is 40.2 Å². The number of aromatic nitrogens is 4. The highest BCUT2D eigenvalue weighted by molar-refractivity contribution is 5.94. The number of H-pyrrole nitrogens is 1. The average molecular weight is 396 g/mol. The van der Waals surface area contributed by atoms with Gasteiger partial charge >= 0.3 is 0 Å². The molecule has 2 amide bonds. The standard InChI is InChI=1S/C21H28N6O2/c1-4-16-13(2)19(25-24-16)21(29)26-10-8-17-15(12-26)11-22-20(23-17)18-7-5-6-9-27(18)14(3)28/h11,18H,4-10,12H2,1-3H3,(H,24,25)/t18-/m1/s1. The minimum atomic E-state index is -0.0526. The molecule has 0 unspecified atom stereocenters. The lowest BCUT2D eigenvalue weighted by Gasteiger charge is -2.35.